The molecule has 2 rings (SSSR count). The first-order chi connectivity index (χ1) is 7.85. The van der Waals surface area contributed by atoms with E-state index in [0.29, 0.717) is 5.92 Å². The van der Waals surface area contributed by atoms with Crippen LogP contribution < -0.4 is 0 Å². The summed E-state index contributed by atoms with van der Waals surface area (Å²) in [7, 11) is 0. The Bertz CT molecular complexity index is 377. The minimum absolute atomic E-state index is 0.0291. The largest absolute Gasteiger partial charge is 0.381 e. The molecule has 1 aromatic heterocycles. The number of thiazole rings is 1. The Kier molecular flexibility index (Phi) is 3.92. The molecule has 2 heterocycles. The van der Waals surface area contributed by atoms with E-state index >= 15 is 0 Å². The van der Waals surface area contributed by atoms with Crippen molar-refractivity contribution in [2.75, 3.05) is 13.2 Å². The Morgan fingerprint density at radius 3 is 3.00 bits per heavy atom. The van der Waals surface area contributed by atoms with Gasteiger partial charge in [-0.15, -0.1) is 11.3 Å². The summed E-state index contributed by atoms with van der Waals surface area (Å²) in [6, 6.07) is 2.31. The molecule has 4 heteroatoms. The third kappa shape index (κ3) is 2.42. The predicted octanol–water partition coefficient (Wildman–Crippen LogP) is 3.05. The lowest BCUT2D eigenvalue weighted by Gasteiger charge is -2.20. The molecule has 0 spiro atoms. The minimum Gasteiger partial charge on any atom is -0.381 e. The Labute approximate surface area is 100 Å². The topological polar surface area (TPSA) is 45.9 Å². The smallest absolute Gasteiger partial charge is 0.110 e. The van der Waals surface area contributed by atoms with E-state index in [1.54, 1.807) is 11.3 Å². The molecule has 1 aliphatic rings. The average molecular weight is 236 g/mol. The molecule has 16 heavy (non-hydrogen) atoms. The fourth-order valence-corrected chi connectivity index (χ4v) is 2.99. The molecule has 0 saturated carbocycles. The van der Waals surface area contributed by atoms with E-state index in [-0.39, 0.29) is 5.92 Å². The lowest BCUT2D eigenvalue weighted by molar-refractivity contribution is 0.0846. The van der Waals surface area contributed by atoms with E-state index in [9.17, 15) is 0 Å². The summed E-state index contributed by atoms with van der Waals surface area (Å²) in [5.74, 6) is 0.508. The van der Waals surface area contributed by atoms with Crippen molar-refractivity contribution >= 4 is 11.3 Å². The molecule has 1 aromatic rings. The molecule has 1 atom stereocenters. The van der Waals surface area contributed by atoms with Gasteiger partial charge in [0.1, 0.15) is 5.01 Å². The number of hydrogen-bond donors (Lipinski definition) is 0. The minimum atomic E-state index is -0.0291. The molecule has 1 aliphatic heterocycles. The number of nitriles is 1. The van der Waals surface area contributed by atoms with Gasteiger partial charge in [-0.3, -0.25) is 0 Å². The lowest BCUT2D eigenvalue weighted by Crippen LogP contribution is -2.14. The summed E-state index contributed by atoms with van der Waals surface area (Å²) >= 11 is 1.63. The van der Waals surface area contributed by atoms with Crippen LogP contribution in [0.1, 0.15) is 48.7 Å². The lowest BCUT2D eigenvalue weighted by atomic mass is 9.97. The van der Waals surface area contributed by atoms with Crippen LogP contribution in [0.2, 0.25) is 0 Å². The SMILES string of the molecule is CCC(C#N)c1nc(C2CCOCC2)cs1. The Morgan fingerprint density at radius 1 is 1.62 bits per heavy atom. The van der Waals surface area contributed by atoms with Crippen LogP contribution in [-0.2, 0) is 4.74 Å². The fourth-order valence-electron chi connectivity index (χ4n) is 1.96. The van der Waals surface area contributed by atoms with Gasteiger partial charge in [-0.2, -0.15) is 5.26 Å². The first-order valence-electron chi connectivity index (χ1n) is 5.77. The highest BCUT2D eigenvalue weighted by Crippen LogP contribution is 2.30. The molecule has 0 N–H and O–H groups in total. The second-order valence-corrected chi connectivity index (χ2v) is 4.98. The van der Waals surface area contributed by atoms with E-state index in [0.717, 1.165) is 43.2 Å². The van der Waals surface area contributed by atoms with Crippen LogP contribution in [0.3, 0.4) is 0 Å². The van der Waals surface area contributed by atoms with Crippen molar-refractivity contribution in [3.8, 4) is 6.07 Å². The molecule has 0 bridgehead atoms. The first kappa shape index (κ1) is 11.6. The molecular formula is C12H16N2OS. The maximum absolute atomic E-state index is 9.00. The number of hydrogen-bond acceptors (Lipinski definition) is 4. The van der Waals surface area contributed by atoms with Crippen molar-refractivity contribution in [3.05, 3.63) is 16.1 Å². The zero-order valence-corrected chi connectivity index (χ0v) is 10.3. The molecule has 0 aromatic carbocycles. The van der Waals surface area contributed by atoms with Gasteiger partial charge in [0.25, 0.3) is 0 Å². The van der Waals surface area contributed by atoms with Gasteiger partial charge in [0, 0.05) is 24.5 Å². The van der Waals surface area contributed by atoms with E-state index < -0.39 is 0 Å². The van der Waals surface area contributed by atoms with E-state index in [1.165, 1.54) is 0 Å². The third-order valence-corrected chi connectivity index (χ3v) is 4.02. The van der Waals surface area contributed by atoms with Gasteiger partial charge >= 0.3 is 0 Å². The summed E-state index contributed by atoms with van der Waals surface area (Å²) in [5, 5.41) is 12.1. The van der Waals surface area contributed by atoms with Gasteiger partial charge in [-0.25, -0.2) is 4.98 Å². The average Bonchev–Trinajstić information content (AvgIpc) is 2.81. The second-order valence-electron chi connectivity index (χ2n) is 4.09. The summed E-state index contributed by atoms with van der Waals surface area (Å²) < 4.78 is 5.34. The number of nitrogens with zero attached hydrogens (tertiary/aromatic N) is 2. The van der Waals surface area contributed by atoms with E-state index in [4.69, 9.17) is 10.00 Å². The van der Waals surface area contributed by atoms with Gasteiger partial charge in [-0.05, 0) is 19.3 Å². The second kappa shape index (κ2) is 5.42. The van der Waals surface area contributed by atoms with E-state index in [2.05, 4.69) is 16.4 Å². The Hall–Kier alpha value is -0.920. The van der Waals surface area contributed by atoms with Crippen molar-refractivity contribution in [2.24, 2.45) is 0 Å². The normalized spacial score (nSPS) is 19.2. The third-order valence-electron chi connectivity index (χ3n) is 3.04. The standard InChI is InChI=1S/C12H16N2OS/c1-2-9(7-13)12-14-11(8-16-12)10-3-5-15-6-4-10/h8-10H,2-6H2,1H3. The maximum Gasteiger partial charge on any atom is 0.110 e. The van der Waals surface area contributed by atoms with Gasteiger partial charge < -0.3 is 4.74 Å². The van der Waals surface area contributed by atoms with Crippen LogP contribution in [0.5, 0.6) is 0 Å². The molecule has 1 unspecified atom stereocenters. The van der Waals surface area contributed by atoms with Gasteiger partial charge in [0.15, 0.2) is 0 Å². The van der Waals surface area contributed by atoms with Crippen molar-refractivity contribution in [2.45, 2.75) is 38.0 Å². The van der Waals surface area contributed by atoms with Crippen LogP contribution in [0, 0.1) is 11.3 Å². The zero-order valence-electron chi connectivity index (χ0n) is 9.48. The van der Waals surface area contributed by atoms with Crippen LogP contribution >= 0.6 is 11.3 Å². The molecule has 1 saturated heterocycles. The van der Waals surface area contributed by atoms with Gasteiger partial charge in [-0.1, -0.05) is 6.92 Å². The summed E-state index contributed by atoms with van der Waals surface area (Å²) in [4.78, 5) is 4.62. The van der Waals surface area contributed by atoms with Crippen LogP contribution in [0.25, 0.3) is 0 Å². The first-order valence-corrected chi connectivity index (χ1v) is 6.65. The van der Waals surface area contributed by atoms with Gasteiger partial charge in [0.2, 0.25) is 0 Å². The highest BCUT2D eigenvalue weighted by Gasteiger charge is 2.20. The molecular weight excluding hydrogens is 220 g/mol. The quantitative estimate of drug-likeness (QED) is 0.810. The number of aromatic nitrogens is 1. The van der Waals surface area contributed by atoms with Crippen LogP contribution in [0.15, 0.2) is 5.38 Å². The molecule has 1 fully saturated rings. The predicted molar refractivity (Wildman–Crippen MR) is 63.6 cm³/mol. The molecule has 0 aliphatic carbocycles. The van der Waals surface area contributed by atoms with Gasteiger partial charge in [0.05, 0.1) is 17.7 Å². The fraction of sp³-hybridized carbons (Fsp3) is 0.667. The highest BCUT2D eigenvalue weighted by atomic mass is 32.1. The van der Waals surface area contributed by atoms with Crippen molar-refractivity contribution < 1.29 is 4.74 Å². The molecule has 0 amide bonds. The maximum atomic E-state index is 9.00. The van der Waals surface area contributed by atoms with Crippen LogP contribution in [-0.4, -0.2) is 18.2 Å². The number of rotatable bonds is 3. The van der Waals surface area contributed by atoms with Crippen molar-refractivity contribution in [3.63, 3.8) is 0 Å². The van der Waals surface area contributed by atoms with Crippen molar-refractivity contribution in [1.29, 1.82) is 5.26 Å². The molecule has 86 valence electrons. The zero-order chi connectivity index (χ0) is 11.4. The van der Waals surface area contributed by atoms with Crippen LogP contribution in [0.4, 0.5) is 0 Å². The molecule has 3 nitrogen and oxygen atoms in total. The Balaban J connectivity index is 2.09. The summed E-state index contributed by atoms with van der Waals surface area (Å²) in [6.45, 7) is 3.71. The Morgan fingerprint density at radius 2 is 2.38 bits per heavy atom. The number of ether oxygens (including phenoxy) is 1. The molecule has 0 radical (unpaired) electrons. The van der Waals surface area contributed by atoms with Crippen molar-refractivity contribution in [1.82, 2.24) is 4.98 Å². The summed E-state index contributed by atoms with van der Waals surface area (Å²) in [6.07, 6.45) is 2.97. The summed E-state index contributed by atoms with van der Waals surface area (Å²) in [5.41, 5.74) is 1.16. The monoisotopic (exact) mass is 236 g/mol. The van der Waals surface area contributed by atoms with E-state index in [1.807, 2.05) is 6.92 Å². The highest BCUT2D eigenvalue weighted by molar-refractivity contribution is 7.09.